The van der Waals surface area contributed by atoms with Gasteiger partial charge in [0.2, 0.25) is 10.4 Å². The van der Waals surface area contributed by atoms with E-state index in [1.807, 2.05) is 0 Å². The maximum absolute atomic E-state index is 8.63. The predicted octanol–water partition coefficient (Wildman–Crippen LogP) is 15.7. The first-order valence-electron chi connectivity index (χ1n) is 23.8. The molecule has 316 valence electrons. The van der Waals surface area contributed by atoms with E-state index in [-0.39, 0.29) is 0 Å². The molecule has 0 atom stereocenters. The van der Waals surface area contributed by atoms with Gasteiger partial charge >= 0.3 is 0 Å². The highest BCUT2D eigenvalue weighted by Gasteiger charge is 2.25. The lowest BCUT2D eigenvalue weighted by molar-refractivity contribution is -0.929. The fraction of sp³-hybridized carbons (Fsp3) is 1.00. The van der Waals surface area contributed by atoms with Crippen LogP contribution in [-0.4, -0.2) is 48.2 Å². The number of unbranched alkanes of at least 4 members (excludes halogenated alkanes) is 34. The lowest BCUT2D eigenvalue weighted by atomic mass is 10.0. The Balaban J connectivity index is 0. The van der Waals surface area contributed by atoms with Crippen molar-refractivity contribution in [1.82, 2.24) is 0 Å². The first-order valence-corrected chi connectivity index (χ1v) is 25.1. The van der Waals surface area contributed by atoms with Crippen molar-refractivity contribution in [2.75, 3.05) is 26.2 Å². The zero-order valence-corrected chi connectivity index (χ0v) is 37.0. The van der Waals surface area contributed by atoms with Crippen LogP contribution in [0.2, 0.25) is 0 Å². The molecule has 6 heteroatoms. The highest BCUT2D eigenvalue weighted by molar-refractivity contribution is 7.79. The van der Waals surface area contributed by atoms with E-state index in [0.29, 0.717) is 0 Å². The van der Waals surface area contributed by atoms with Gasteiger partial charge in [-0.25, -0.2) is 8.42 Å². The Morgan fingerprint density at radius 1 is 0.308 bits per heavy atom. The molecule has 0 spiro atoms. The van der Waals surface area contributed by atoms with Crippen LogP contribution in [0.3, 0.4) is 0 Å². The zero-order valence-electron chi connectivity index (χ0n) is 36.2. The average Bonchev–Trinajstić information content (AvgIpc) is 3.11. The summed E-state index contributed by atoms with van der Waals surface area (Å²) in [7, 11) is -4.92. The second-order valence-electron chi connectivity index (χ2n) is 16.7. The number of hydrogen-bond donors (Lipinski definition) is 1. The van der Waals surface area contributed by atoms with Crippen molar-refractivity contribution in [2.24, 2.45) is 0 Å². The third-order valence-corrected chi connectivity index (χ3v) is 11.4. The molecule has 0 aromatic rings. The number of hydrogen-bond acceptors (Lipinski definition) is 3. The van der Waals surface area contributed by atoms with Crippen molar-refractivity contribution in [3.05, 3.63) is 0 Å². The molecule has 0 aliphatic carbocycles. The van der Waals surface area contributed by atoms with E-state index in [9.17, 15) is 0 Å². The Bertz CT molecular complexity index is 682. The van der Waals surface area contributed by atoms with Gasteiger partial charge in [0.05, 0.1) is 26.2 Å². The highest BCUT2D eigenvalue weighted by Crippen LogP contribution is 2.21. The zero-order chi connectivity index (χ0) is 38.7. The van der Waals surface area contributed by atoms with E-state index in [1.54, 1.807) is 0 Å². The molecule has 0 radical (unpaired) electrons. The van der Waals surface area contributed by atoms with Crippen LogP contribution in [0.15, 0.2) is 0 Å². The summed E-state index contributed by atoms with van der Waals surface area (Å²) in [6.07, 6.45) is 55.7. The van der Waals surface area contributed by atoms with E-state index in [4.69, 9.17) is 17.5 Å². The normalized spacial score (nSPS) is 12.0. The van der Waals surface area contributed by atoms with E-state index >= 15 is 0 Å². The molecule has 0 aromatic carbocycles. The summed E-state index contributed by atoms with van der Waals surface area (Å²) >= 11 is 0. The molecular weight excluding hydrogens is 663 g/mol. The summed E-state index contributed by atoms with van der Waals surface area (Å²) < 4.78 is 34.3. The molecular formula is C46H97NO4S. The first-order chi connectivity index (χ1) is 25.2. The van der Waals surface area contributed by atoms with Gasteiger partial charge in [-0.05, 0) is 44.9 Å². The van der Waals surface area contributed by atoms with Crippen molar-refractivity contribution >= 4 is 10.4 Å². The minimum absolute atomic E-state index is 1.37. The maximum Gasteiger partial charge on any atom is 0.215 e. The standard InChI is InChI=1S/C46H96N.H2O4S/c1-5-9-13-16-19-22-25-28-31-34-37-40-44-47(43-12-8-4,45-41-38-35-32-29-26-23-20-17-14-10-6-2)46-42-39-36-33-30-27-24-21-18-15-11-7-3;1-5(2,3)4/h5-46H2,1-4H3;(H2,1,2,3,4)/q+1;/p-1. The van der Waals surface area contributed by atoms with E-state index in [2.05, 4.69) is 27.7 Å². The molecule has 0 rings (SSSR count). The maximum atomic E-state index is 8.63. The lowest BCUT2D eigenvalue weighted by Crippen LogP contribution is -2.50. The van der Waals surface area contributed by atoms with Gasteiger partial charge in [-0.1, -0.05) is 227 Å². The summed E-state index contributed by atoms with van der Waals surface area (Å²) in [4.78, 5) is 0. The second-order valence-corrected chi connectivity index (χ2v) is 17.5. The monoisotopic (exact) mass is 760 g/mol. The summed E-state index contributed by atoms with van der Waals surface area (Å²) in [5.74, 6) is 0. The third-order valence-electron chi connectivity index (χ3n) is 11.4. The fourth-order valence-electron chi connectivity index (χ4n) is 8.03. The van der Waals surface area contributed by atoms with Gasteiger partial charge in [0.1, 0.15) is 0 Å². The molecule has 1 N–H and O–H groups in total. The van der Waals surface area contributed by atoms with Crippen molar-refractivity contribution in [3.63, 3.8) is 0 Å². The Kier molecular flexibility index (Phi) is 45.2. The summed E-state index contributed by atoms with van der Waals surface area (Å²) in [6, 6.07) is 0. The Labute approximate surface area is 329 Å². The third kappa shape index (κ3) is 47.9. The molecule has 0 amide bonds. The van der Waals surface area contributed by atoms with Crippen molar-refractivity contribution in [3.8, 4) is 0 Å². The Hall–Kier alpha value is -0.170. The summed E-state index contributed by atoms with van der Waals surface area (Å²) in [5, 5.41) is 0. The quantitative estimate of drug-likeness (QED) is 0.0291. The summed E-state index contributed by atoms with van der Waals surface area (Å²) in [5.41, 5.74) is 0. The molecule has 0 aliphatic rings. The molecule has 0 saturated carbocycles. The molecule has 0 fully saturated rings. The largest absolute Gasteiger partial charge is 0.726 e. The average molecular weight is 760 g/mol. The molecule has 0 aromatic heterocycles. The van der Waals surface area contributed by atoms with Gasteiger partial charge < -0.3 is 9.04 Å². The van der Waals surface area contributed by atoms with Crippen LogP contribution < -0.4 is 0 Å². The van der Waals surface area contributed by atoms with Crippen LogP contribution in [-0.2, 0) is 10.4 Å². The van der Waals surface area contributed by atoms with Crippen molar-refractivity contribution in [1.29, 1.82) is 0 Å². The SMILES string of the molecule is CCCCCCCCCCCCCC[N+](CCCC)(CCCCCCCCCCCCCC)CCCCCCCCCCCCCC.O=S(=O)([O-])O. The van der Waals surface area contributed by atoms with Crippen LogP contribution in [0.4, 0.5) is 0 Å². The second kappa shape index (κ2) is 43.6. The molecule has 0 unspecified atom stereocenters. The van der Waals surface area contributed by atoms with Crippen LogP contribution in [0.1, 0.15) is 272 Å². The topological polar surface area (TPSA) is 77.4 Å². The smallest absolute Gasteiger partial charge is 0.215 e. The van der Waals surface area contributed by atoms with Gasteiger partial charge in [-0.15, -0.1) is 0 Å². The molecule has 0 heterocycles. The molecule has 0 aliphatic heterocycles. The van der Waals surface area contributed by atoms with E-state index in [0.717, 1.165) is 0 Å². The van der Waals surface area contributed by atoms with Gasteiger partial charge in [-0.2, -0.15) is 0 Å². The van der Waals surface area contributed by atoms with E-state index < -0.39 is 10.4 Å². The first kappa shape index (κ1) is 53.9. The van der Waals surface area contributed by atoms with Crippen LogP contribution in [0.25, 0.3) is 0 Å². The number of nitrogens with zero attached hydrogens (tertiary/aromatic N) is 1. The van der Waals surface area contributed by atoms with Gasteiger partial charge in [0, 0.05) is 0 Å². The van der Waals surface area contributed by atoms with Crippen molar-refractivity contribution in [2.45, 2.75) is 272 Å². The molecule has 5 nitrogen and oxygen atoms in total. The molecule has 52 heavy (non-hydrogen) atoms. The molecule has 0 saturated heterocycles. The highest BCUT2D eigenvalue weighted by atomic mass is 32.3. The predicted molar refractivity (Wildman–Crippen MR) is 230 cm³/mol. The van der Waals surface area contributed by atoms with Crippen LogP contribution in [0.5, 0.6) is 0 Å². The fourth-order valence-corrected chi connectivity index (χ4v) is 8.03. The van der Waals surface area contributed by atoms with Crippen LogP contribution >= 0.6 is 0 Å². The van der Waals surface area contributed by atoms with E-state index in [1.165, 1.54) is 275 Å². The summed E-state index contributed by atoms with van der Waals surface area (Å²) in [6.45, 7) is 15.3. The van der Waals surface area contributed by atoms with Crippen LogP contribution in [0, 0.1) is 0 Å². The number of rotatable bonds is 42. The Morgan fingerprint density at radius 2 is 0.442 bits per heavy atom. The van der Waals surface area contributed by atoms with Gasteiger partial charge in [0.15, 0.2) is 0 Å². The molecule has 0 bridgehead atoms. The lowest BCUT2D eigenvalue weighted by Gasteiger charge is -2.39. The minimum Gasteiger partial charge on any atom is -0.726 e. The number of quaternary nitrogens is 1. The van der Waals surface area contributed by atoms with Crippen molar-refractivity contribution < 1.29 is 22.0 Å². The Morgan fingerprint density at radius 3 is 0.615 bits per heavy atom. The van der Waals surface area contributed by atoms with Gasteiger partial charge in [-0.3, -0.25) is 4.55 Å². The minimum atomic E-state index is -4.92. The van der Waals surface area contributed by atoms with Gasteiger partial charge in [0.25, 0.3) is 0 Å².